The first-order valence-electron chi connectivity index (χ1n) is 12.2. The van der Waals surface area contributed by atoms with E-state index in [0.717, 1.165) is 35.1 Å². The Bertz CT molecular complexity index is 1070. The van der Waals surface area contributed by atoms with Gasteiger partial charge in [-0.1, -0.05) is 48.5 Å². The van der Waals surface area contributed by atoms with Gasteiger partial charge in [0.25, 0.3) is 0 Å². The van der Waals surface area contributed by atoms with Crippen molar-refractivity contribution in [1.82, 2.24) is 10.2 Å². The van der Waals surface area contributed by atoms with E-state index in [-0.39, 0.29) is 37.3 Å². The van der Waals surface area contributed by atoms with Crippen LogP contribution in [0.2, 0.25) is 0 Å². The van der Waals surface area contributed by atoms with Crippen LogP contribution in [-0.2, 0) is 19.1 Å². The van der Waals surface area contributed by atoms with Crippen molar-refractivity contribution in [2.24, 2.45) is 5.92 Å². The summed E-state index contributed by atoms with van der Waals surface area (Å²) >= 11 is 0. The van der Waals surface area contributed by atoms with Crippen LogP contribution in [0.25, 0.3) is 11.1 Å². The standard InChI is InChI=1S/C27H30N2O6/c30-25(31)10-9-23(26(32)29-13-11-17-15-34-14-12-24(17)29)28-27(33)35-16-22-20-7-3-1-5-18(20)19-6-2-4-8-21(19)22/h1-8,17,22-24H,9-16H2,(H,28,33)(H,30,31). The lowest BCUT2D eigenvalue weighted by molar-refractivity contribution is -0.138. The quantitative estimate of drug-likeness (QED) is 0.632. The molecule has 0 aromatic heterocycles. The van der Waals surface area contributed by atoms with Crippen molar-refractivity contribution in [2.45, 2.75) is 43.7 Å². The topological polar surface area (TPSA) is 105 Å². The Morgan fingerprint density at radius 1 is 1.06 bits per heavy atom. The molecule has 0 radical (unpaired) electrons. The molecule has 2 amide bonds. The summed E-state index contributed by atoms with van der Waals surface area (Å²) in [7, 11) is 0. The van der Waals surface area contributed by atoms with Gasteiger partial charge < -0.3 is 24.8 Å². The van der Waals surface area contributed by atoms with Gasteiger partial charge in [0.1, 0.15) is 12.6 Å². The molecule has 5 rings (SSSR count). The number of carbonyl (C=O) groups excluding carboxylic acids is 2. The maximum Gasteiger partial charge on any atom is 0.407 e. The fourth-order valence-corrected chi connectivity index (χ4v) is 5.72. The second-order valence-corrected chi connectivity index (χ2v) is 9.47. The number of carboxylic acids is 1. The zero-order chi connectivity index (χ0) is 24.4. The van der Waals surface area contributed by atoms with Crippen LogP contribution in [0.1, 0.15) is 42.7 Å². The third-order valence-electron chi connectivity index (χ3n) is 7.44. The SMILES string of the molecule is O=C(O)CCC(NC(=O)OCC1c2ccccc2-c2ccccc21)C(=O)N1CCC2COCCC21. The summed E-state index contributed by atoms with van der Waals surface area (Å²) in [5.74, 6) is -1.05. The lowest BCUT2D eigenvalue weighted by Crippen LogP contribution is -2.52. The first kappa shape index (κ1) is 23.4. The molecular weight excluding hydrogens is 448 g/mol. The average Bonchev–Trinajstić information content (AvgIpc) is 3.44. The first-order valence-corrected chi connectivity index (χ1v) is 12.2. The van der Waals surface area contributed by atoms with Crippen LogP contribution in [-0.4, -0.2) is 66.4 Å². The predicted molar refractivity (Wildman–Crippen MR) is 128 cm³/mol. The number of alkyl carbamates (subject to hydrolysis) is 1. The molecule has 184 valence electrons. The Kier molecular flexibility index (Phi) is 6.72. The van der Waals surface area contributed by atoms with Crippen LogP contribution in [0.15, 0.2) is 48.5 Å². The smallest absolute Gasteiger partial charge is 0.407 e. The molecule has 8 nitrogen and oxygen atoms in total. The van der Waals surface area contributed by atoms with Crippen LogP contribution < -0.4 is 5.32 Å². The summed E-state index contributed by atoms with van der Waals surface area (Å²) in [5, 5.41) is 11.8. The van der Waals surface area contributed by atoms with Crippen LogP contribution in [0.4, 0.5) is 4.79 Å². The van der Waals surface area contributed by atoms with Gasteiger partial charge in [-0.15, -0.1) is 0 Å². The molecule has 2 aromatic carbocycles. The number of carbonyl (C=O) groups is 3. The van der Waals surface area contributed by atoms with Gasteiger partial charge in [-0.2, -0.15) is 0 Å². The van der Waals surface area contributed by atoms with Crippen molar-refractivity contribution in [3.05, 3.63) is 59.7 Å². The van der Waals surface area contributed by atoms with Gasteiger partial charge in [0.15, 0.2) is 0 Å². The Morgan fingerprint density at radius 2 is 1.74 bits per heavy atom. The molecular formula is C27H30N2O6. The number of ether oxygens (including phenoxy) is 2. The van der Waals surface area contributed by atoms with E-state index in [1.807, 2.05) is 36.4 Å². The molecule has 2 fully saturated rings. The number of hydrogen-bond acceptors (Lipinski definition) is 5. The highest BCUT2D eigenvalue weighted by Crippen LogP contribution is 2.44. The molecule has 0 spiro atoms. The van der Waals surface area contributed by atoms with E-state index in [9.17, 15) is 19.5 Å². The highest BCUT2D eigenvalue weighted by Gasteiger charge is 2.41. The van der Waals surface area contributed by atoms with Gasteiger partial charge in [-0.25, -0.2) is 4.79 Å². The number of nitrogens with zero attached hydrogens (tertiary/aromatic N) is 1. The van der Waals surface area contributed by atoms with E-state index in [4.69, 9.17) is 9.47 Å². The van der Waals surface area contributed by atoms with Crippen LogP contribution in [0.5, 0.6) is 0 Å². The van der Waals surface area contributed by atoms with Crippen molar-refractivity contribution in [1.29, 1.82) is 0 Å². The number of carboxylic acid groups (broad SMARTS) is 1. The highest BCUT2D eigenvalue weighted by atomic mass is 16.5. The largest absolute Gasteiger partial charge is 0.481 e. The number of likely N-dealkylation sites (tertiary alicyclic amines) is 1. The summed E-state index contributed by atoms with van der Waals surface area (Å²) < 4.78 is 11.1. The van der Waals surface area contributed by atoms with Crippen LogP contribution in [0, 0.1) is 5.92 Å². The van der Waals surface area contributed by atoms with E-state index in [1.54, 1.807) is 4.90 Å². The number of fused-ring (bicyclic) bond motifs is 4. The van der Waals surface area contributed by atoms with E-state index in [0.29, 0.717) is 25.7 Å². The number of hydrogen-bond donors (Lipinski definition) is 2. The van der Waals surface area contributed by atoms with E-state index in [1.165, 1.54) is 0 Å². The zero-order valence-corrected chi connectivity index (χ0v) is 19.5. The normalized spacial score (nSPS) is 21.5. The second kappa shape index (κ2) is 10.1. The summed E-state index contributed by atoms with van der Waals surface area (Å²) in [6.45, 7) is 1.96. The first-order chi connectivity index (χ1) is 17.0. The van der Waals surface area contributed by atoms with Crippen LogP contribution in [0.3, 0.4) is 0 Å². The lowest BCUT2D eigenvalue weighted by atomic mass is 9.96. The minimum absolute atomic E-state index is 0.0166. The molecule has 1 aliphatic carbocycles. The minimum Gasteiger partial charge on any atom is -0.481 e. The summed E-state index contributed by atoms with van der Waals surface area (Å²) in [4.78, 5) is 39.2. The molecule has 0 saturated carbocycles. The van der Waals surface area contributed by atoms with Gasteiger partial charge >= 0.3 is 12.1 Å². The fourth-order valence-electron chi connectivity index (χ4n) is 5.72. The number of aliphatic carboxylic acids is 1. The maximum absolute atomic E-state index is 13.4. The van der Waals surface area contributed by atoms with Crippen molar-refractivity contribution in [3.8, 4) is 11.1 Å². The van der Waals surface area contributed by atoms with Crippen molar-refractivity contribution >= 4 is 18.0 Å². The molecule has 2 aromatic rings. The number of rotatable bonds is 7. The van der Waals surface area contributed by atoms with Crippen LogP contribution >= 0.6 is 0 Å². The van der Waals surface area contributed by atoms with E-state index in [2.05, 4.69) is 17.4 Å². The second-order valence-electron chi connectivity index (χ2n) is 9.47. The Hall–Kier alpha value is -3.39. The van der Waals surface area contributed by atoms with Gasteiger partial charge in [0, 0.05) is 37.5 Å². The summed E-state index contributed by atoms with van der Waals surface area (Å²) in [5.41, 5.74) is 4.46. The molecule has 35 heavy (non-hydrogen) atoms. The van der Waals surface area contributed by atoms with Crippen molar-refractivity contribution in [2.75, 3.05) is 26.4 Å². The Morgan fingerprint density at radius 3 is 2.43 bits per heavy atom. The number of nitrogens with one attached hydrogen (secondary N) is 1. The van der Waals surface area contributed by atoms with Crippen molar-refractivity contribution in [3.63, 3.8) is 0 Å². The van der Waals surface area contributed by atoms with Gasteiger partial charge in [-0.3, -0.25) is 9.59 Å². The van der Waals surface area contributed by atoms with E-state index >= 15 is 0 Å². The maximum atomic E-state index is 13.4. The fraction of sp³-hybridized carbons (Fsp3) is 0.444. The Labute approximate surface area is 204 Å². The third kappa shape index (κ3) is 4.75. The monoisotopic (exact) mass is 478 g/mol. The molecule has 2 saturated heterocycles. The lowest BCUT2D eigenvalue weighted by Gasteiger charge is -2.33. The van der Waals surface area contributed by atoms with Gasteiger partial charge in [0.05, 0.1) is 6.61 Å². The number of amides is 2. The molecule has 2 N–H and O–H groups in total. The molecule has 8 heteroatoms. The number of benzene rings is 2. The van der Waals surface area contributed by atoms with E-state index < -0.39 is 18.1 Å². The minimum atomic E-state index is -1.01. The molecule has 2 heterocycles. The third-order valence-corrected chi connectivity index (χ3v) is 7.44. The van der Waals surface area contributed by atoms with Crippen molar-refractivity contribution < 1.29 is 29.0 Å². The molecule has 3 aliphatic rings. The highest BCUT2D eigenvalue weighted by molar-refractivity contribution is 5.87. The summed E-state index contributed by atoms with van der Waals surface area (Å²) in [6.07, 6.45) is 0.701. The Balaban J connectivity index is 1.26. The molecule has 3 unspecified atom stereocenters. The predicted octanol–water partition coefficient (Wildman–Crippen LogP) is 3.40. The summed E-state index contributed by atoms with van der Waals surface area (Å²) in [6, 6.07) is 15.3. The molecule has 0 bridgehead atoms. The van der Waals surface area contributed by atoms with Gasteiger partial charge in [0.2, 0.25) is 5.91 Å². The molecule has 2 aliphatic heterocycles. The zero-order valence-electron chi connectivity index (χ0n) is 19.5. The average molecular weight is 479 g/mol. The molecule has 3 atom stereocenters. The van der Waals surface area contributed by atoms with Gasteiger partial charge in [-0.05, 0) is 41.5 Å².